The molecular formula is C18H18FNO3S. The summed E-state index contributed by atoms with van der Waals surface area (Å²) < 4.78 is 14.3. The fourth-order valence-corrected chi connectivity index (χ4v) is 5.49. The summed E-state index contributed by atoms with van der Waals surface area (Å²) >= 11 is 1.36. The lowest BCUT2D eigenvalue weighted by molar-refractivity contribution is -0.149. The van der Waals surface area contributed by atoms with Crippen LogP contribution in [0, 0.1) is 24.1 Å². The summed E-state index contributed by atoms with van der Waals surface area (Å²) in [5, 5.41) is 10.4. The summed E-state index contributed by atoms with van der Waals surface area (Å²) in [6, 6.07) is 4.54. The zero-order valence-corrected chi connectivity index (χ0v) is 14.2. The van der Waals surface area contributed by atoms with Gasteiger partial charge in [-0.25, -0.2) is 4.39 Å². The third-order valence-corrected chi connectivity index (χ3v) is 6.94. The number of hydrogen-bond donors (Lipinski definition) is 1. The first-order chi connectivity index (χ1) is 11.4. The van der Waals surface area contributed by atoms with Crippen LogP contribution < -0.4 is 0 Å². The van der Waals surface area contributed by atoms with Crippen LogP contribution in [-0.2, 0) is 4.79 Å². The van der Waals surface area contributed by atoms with Gasteiger partial charge in [-0.3, -0.25) is 9.59 Å². The van der Waals surface area contributed by atoms with Crippen LogP contribution in [0.25, 0.3) is 10.1 Å². The molecule has 24 heavy (non-hydrogen) atoms. The molecule has 2 aromatic rings. The molecule has 2 atom stereocenters. The monoisotopic (exact) mass is 347 g/mol. The SMILES string of the molecule is Cc1c(C(=O)N2C[C@@H]3CCC[C@@]3(C(=O)O)C2)sc2ccc(F)cc12. The zero-order chi connectivity index (χ0) is 17.1. The van der Waals surface area contributed by atoms with Gasteiger partial charge in [0.05, 0.1) is 10.3 Å². The van der Waals surface area contributed by atoms with Gasteiger partial charge in [-0.15, -0.1) is 11.3 Å². The van der Waals surface area contributed by atoms with Crippen LogP contribution in [0.4, 0.5) is 4.39 Å². The van der Waals surface area contributed by atoms with Crippen LogP contribution in [0.15, 0.2) is 18.2 Å². The average molecular weight is 347 g/mol. The molecule has 2 aliphatic rings. The number of aliphatic carboxylic acids is 1. The van der Waals surface area contributed by atoms with E-state index in [-0.39, 0.29) is 24.2 Å². The number of halogens is 1. The highest BCUT2D eigenvalue weighted by atomic mass is 32.1. The molecule has 1 amide bonds. The molecule has 1 aromatic heterocycles. The van der Waals surface area contributed by atoms with E-state index in [0.29, 0.717) is 17.8 Å². The van der Waals surface area contributed by atoms with Crippen LogP contribution in [0.1, 0.15) is 34.5 Å². The van der Waals surface area contributed by atoms with Crippen molar-refractivity contribution in [1.29, 1.82) is 0 Å². The van der Waals surface area contributed by atoms with Crippen molar-refractivity contribution in [3.63, 3.8) is 0 Å². The number of amides is 1. The number of carbonyl (C=O) groups is 2. The van der Waals surface area contributed by atoms with Gasteiger partial charge in [-0.1, -0.05) is 6.42 Å². The molecular weight excluding hydrogens is 329 g/mol. The van der Waals surface area contributed by atoms with Gasteiger partial charge >= 0.3 is 5.97 Å². The molecule has 1 aromatic carbocycles. The minimum Gasteiger partial charge on any atom is -0.481 e. The van der Waals surface area contributed by atoms with Crippen LogP contribution >= 0.6 is 11.3 Å². The molecule has 1 aliphatic carbocycles. The maximum absolute atomic E-state index is 13.5. The Morgan fingerprint density at radius 1 is 1.42 bits per heavy atom. The first-order valence-electron chi connectivity index (χ1n) is 8.14. The normalized spacial score (nSPS) is 26.1. The lowest BCUT2D eigenvalue weighted by Gasteiger charge is -2.23. The summed E-state index contributed by atoms with van der Waals surface area (Å²) in [5.74, 6) is -1.17. The minimum atomic E-state index is -0.782. The Hall–Kier alpha value is -1.95. The Morgan fingerprint density at radius 2 is 2.21 bits per heavy atom. The maximum atomic E-state index is 13.5. The van der Waals surface area contributed by atoms with Crippen molar-refractivity contribution >= 4 is 33.3 Å². The molecule has 0 radical (unpaired) electrons. The molecule has 1 saturated carbocycles. The second-order valence-corrected chi connectivity index (χ2v) is 7.98. The second-order valence-electron chi connectivity index (χ2n) is 6.93. The van der Waals surface area contributed by atoms with Crippen LogP contribution in [0.3, 0.4) is 0 Å². The smallest absolute Gasteiger partial charge is 0.311 e. The van der Waals surface area contributed by atoms with E-state index in [1.54, 1.807) is 11.0 Å². The van der Waals surface area contributed by atoms with Crippen LogP contribution in [0.5, 0.6) is 0 Å². The van der Waals surface area contributed by atoms with Gasteiger partial charge in [0, 0.05) is 17.8 Å². The molecule has 1 aliphatic heterocycles. The maximum Gasteiger partial charge on any atom is 0.311 e. The topological polar surface area (TPSA) is 57.6 Å². The van der Waals surface area contributed by atoms with Crippen molar-refractivity contribution in [3.05, 3.63) is 34.5 Å². The fourth-order valence-electron chi connectivity index (χ4n) is 4.33. The van der Waals surface area contributed by atoms with E-state index in [4.69, 9.17) is 0 Å². The number of carboxylic acid groups (broad SMARTS) is 1. The number of benzene rings is 1. The van der Waals surface area contributed by atoms with Gasteiger partial charge < -0.3 is 10.0 Å². The lowest BCUT2D eigenvalue weighted by atomic mass is 9.81. The average Bonchev–Trinajstić information content (AvgIpc) is 3.18. The number of carbonyl (C=O) groups excluding carboxylic acids is 1. The molecule has 1 saturated heterocycles. The summed E-state index contributed by atoms with van der Waals surface area (Å²) in [6.07, 6.45) is 2.43. The summed E-state index contributed by atoms with van der Waals surface area (Å²) in [5.41, 5.74) is 0.00717. The second kappa shape index (κ2) is 5.28. The zero-order valence-electron chi connectivity index (χ0n) is 13.3. The van der Waals surface area contributed by atoms with E-state index < -0.39 is 11.4 Å². The molecule has 0 bridgehead atoms. The largest absolute Gasteiger partial charge is 0.481 e. The minimum absolute atomic E-state index is 0.0473. The molecule has 1 N–H and O–H groups in total. The predicted octanol–water partition coefficient (Wildman–Crippen LogP) is 3.68. The summed E-state index contributed by atoms with van der Waals surface area (Å²) in [7, 11) is 0. The molecule has 2 heterocycles. The van der Waals surface area contributed by atoms with Crippen LogP contribution in [-0.4, -0.2) is 35.0 Å². The van der Waals surface area contributed by atoms with Crippen molar-refractivity contribution in [2.45, 2.75) is 26.2 Å². The number of fused-ring (bicyclic) bond motifs is 2. The Balaban J connectivity index is 1.68. The van der Waals surface area contributed by atoms with Crippen molar-refractivity contribution in [3.8, 4) is 0 Å². The first-order valence-corrected chi connectivity index (χ1v) is 8.95. The Labute approximate surface area is 142 Å². The first kappa shape index (κ1) is 15.6. The third kappa shape index (κ3) is 2.09. The van der Waals surface area contributed by atoms with E-state index in [1.165, 1.54) is 23.5 Å². The molecule has 6 heteroatoms. The molecule has 0 unspecified atom stereocenters. The molecule has 0 spiro atoms. The van der Waals surface area contributed by atoms with Gasteiger partial charge in [-0.05, 0) is 54.8 Å². The third-order valence-electron chi connectivity index (χ3n) is 5.68. The summed E-state index contributed by atoms with van der Waals surface area (Å²) in [6.45, 7) is 2.62. The predicted molar refractivity (Wildman–Crippen MR) is 89.8 cm³/mol. The molecule has 2 fully saturated rings. The number of hydrogen-bond acceptors (Lipinski definition) is 3. The summed E-state index contributed by atoms with van der Waals surface area (Å²) in [4.78, 5) is 27.0. The van der Waals surface area contributed by atoms with E-state index in [0.717, 1.165) is 28.5 Å². The Bertz CT molecular complexity index is 861. The standard InChI is InChI=1S/C18H18FNO3S/c1-10-13-7-12(19)4-5-14(13)24-15(10)16(21)20-8-11-3-2-6-18(11,9-20)17(22)23/h4-5,7,11H,2-3,6,8-9H2,1H3,(H,22,23)/t11-,18+/m0/s1. The lowest BCUT2D eigenvalue weighted by Crippen LogP contribution is -2.37. The van der Waals surface area contributed by atoms with Crippen molar-refractivity contribution in [2.75, 3.05) is 13.1 Å². The number of carboxylic acids is 1. The van der Waals surface area contributed by atoms with Crippen molar-refractivity contribution < 1.29 is 19.1 Å². The molecule has 4 rings (SSSR count). The Kier molecular flexibility index (Phi) is 3.42. The number of likely N-dealkylation sites (tertiary alicyclic amines) is 1. The van der Waals surface area contributed by atoms with Crippen LogP contribution in [0.2, 0.25) is 0 Å². The van der Waals surface area contributed by atoms with Gasteiger partial charge in [-0.2, -0.15) is 0 Å². The van der Waals surface area contributed by atoms with Gasteiger partial charge in [0.15, 0.2) is 0 Å². The highest BCUT2D eigenvalue weighted by Crippen LogP contribution is 2.49. The van der Waals surface area contributed by atoms with Crippen molar-refractivity contribution in [1.82, 2.24) is 4.90 Å². The van der Waals surface area contributed by atoms with Gasteiger partial charge in [0.1, 0.15) is 5.82 Å². The van der Waals surface area contributed by atoms with E-state index in [9.17, 15) is 19.1 Å². The molecule has 126 valence electrons. The number of aryl methyl sites for hydroxylation is 1. The van der Waals surface area contributed by atoms with Gasteiger partial charge in [0.25, 0.3) is 5.91 Å². The van der Waals surface area contributed by atoms with E-state index >= 15 is 0 Å². The number of nitrogens with zero attached hydrogens (tertiary/aromatic N) is 1. The Morgan fingerprint density at radius 3 is 2.92 bits per heavy atom. The van der Waals surface area contributed by atoms with Gasteiger partial charge in [0.2, 0.25) is 0 Å². The van der Waals surface area contributed by atoms with E-state index in [1.807, 2.05) is 6.92 Å². The molecule has 4 nitrogen and oxygen atoms in total. The number of rotatable bonds is 2. The number of thiophene rings is 1. The highest BCUT2D eigenvalue weighted by Gasteiger charge is 2.56. The van der Waals surface area contributed by atoms with Crippen molar-refractivity contribution in [2.24, 2.45) is 11.3 Å². The quantitative estimate of drug-likeness (QED) is 0.902. The fraction of sp³-hybridized carbons (Fsp3) is 0.444. The van der Waals surface area contributed by atoms with E-state index in [2.05, 4.69) is 0 Å². The highest BCUT2D eigenvalue weighted by molar-refractivity contribution is 7.21.